The van der Waals surface area contributed by atoms with Crippen LogP contribution in [-0.4, -0.2) is 15.2 Å². The highest BCUT2D eigenvalue weighted by molar-refractivity contribution is 6.17. The highest BCUT2D eigenvalue weighted by Gasteiger charge is 2.28. The van der Waals surface area contributed by atoms with Crippen LogP contribution in [-0.2, 0) is 0 Å². The van der Waals surface area contributed by atoms with E-state index in [1.165, 1.54) is 88.0 Å². The largest absolute Gasteiger partial charge is 0.334 e. The summed E-state index contributed by atoms with van der Waals surface area (Å²) in [5.41, 5.74) is 18.0. The Hall–Kier alpha value is -8.86. The number of fused-ring (bicyclic) bond motifs is 8. The van der Waals surface area contributed by atoms with Crippen LogP contribution < -0.4 is 9.80 Å². The fraction of sp³-hybridized carbons (Fsp3) is 0.0312. The summed E-state index contributed by atoms with van der Waals surface area (Å²) in [5.74, 6) is 0. The van der Waals surface area contributed by atoms with Crippen molar-refractivity contribution in [1.82, 2.24) is 9.13 Å². The maximum Gasteiger partial charge on any atom is 0.0560 e. The zero-order valence-electron chi connectivity index (χ0n) is 37.2. The van der Waals surface area contributed by atoms with Crippen LogP contribution in [0.15, 0.2) is 249 Å². The third-order valence-corrected chi connectivity index (χ3v) is 14.3. The molecule has 2 aromatic heterocycles. The van der Waals surface area contributed by atoms with E-state index < -0.39 is 0 Å². The number of hydrogen-bond acceptors (Lipinski definition) is 2. The van der Waals surface area contributed by atoms with Gasteiger partial charge < -0.3 is 18.9 Å². The second-order valence-electron chi connectivity index (χ2n) is 18.0. The van der Waals surface area contributed by atoms with E-state index in [1.807, 2.05) is 0 Å². The molecule has 0 saturated carbocycles. The van der Waals surface area contributed by atoms with E-state index in [2.05, 4.69) is 268 Å². The van der Waals surface area contributed by atoms with Gasteiger partial charge in [0.25, 0.3) is 0 Å². The van der Waals surface area contributed by atoms with Crippen LogP contribution in [0, 0.1) is 0 Å². The number of rotatable bonds is 7. The minimum Gasteiger partial charge on any atom is -0.334 e. The summed E-state index contributed by atoms with van der Waals surface area (Å²) in [6.07, 6.45) is 8.11. The molecule has 4 heteroatoms. The Morgan fingerprint density at radius 2 is 0.868 bits per heavy atom. The lowest BCUT2D eigenvalue weighted by atomic mass is 9.86. The predicted octanol–water partition coefficient (Wildman–Crippen LogP) is 17.0. The standard InChI is InChI=1S/C64H44N4/c1-4-17-44(18-5-1)66-59-28-14-11-24-52(59)56-41-48(35-39-61(56)66)65(49-36-40-62-57(42-49)53-25-12-15-29-60(53)67(62)45-19-6-2-7-20-45)47-33-31-43(32-34-47)50-37-38-55-51-23-10-13-27-58(51)68(46-21-8-3-9-22-46)63-30-16-26-54(50)64(55)63/h1-33,35-42,47H,34H2. The molecule has 1 aliphatic heterocycles. The summed E-state index contributed by atoms with van der Waals surface area (Å²) >= 11 is 0. The first-order valence-corrected chi connectivity index (χ1v) is 23.6. The molecule has 3 heterocycles. The second kappa shape index (κ2) is 15.4. The Morgan fingerprint density at radius 1 is 0.368 bits per heavy atom. The third-order valence-electron chi connectivity index (χ3n) is 14.3. The Labute approximate surface area is 394 Å². The second-order valence-corrected chi connectivity index (χ2v) is 18.0. The van der Waals surface area contributed by atoms with Gasteiger partial charge >= 0.3 is 0 Å². The summed E-state index contributed by atoms with van der Waals surface area (Å²) < 4.78 is 4.80. The summed E-state index contributed by atoms with van der Waals surface area (Å²) in [4.78, 5) is 4.99. The van der Waals surface area contributed by atoms with Crippen molar-refractivity contribution in [3.8, 4) is 22.5 Å². The third kappa shape index (κ3) is 5.87. The minimum atomic E-state index is 0.0547. The van der Waals surface area contributed by atoms with Crippen LogP contribution in [0.3, 0.4) is 0 Å². The molecular weight excluding hydrogens is 825 g/mol. The van der Waals surface area contributed by atoms with E-state index in [4.69, 9.17) is 0 Å². The van der Waals surface area contributed by atoms with Crippen molar-refractivity contribution in [2.75, 3.05) is 9.80 Å². The van der Waals surface area contributed by atoms with E-state index in [-0.39, 0.29) is 6.04 Å². The topological polar surface area (TPSA) is 16.3 Å². The summed E-state index contributed by atoms with van der Waals surface area (Å²) in [7, 11) is 0. The number of benzene rings is 10. The highest BCUT2D eigenvalue weighted by atomic mass is 15.2. The lowest BCUT2D eigenvalue weighted by Gasteiger charge is -2.35. The molecule has 10 aromatic carbocycles. The van der Waals surface area contributed by atoms with Crippen molar-refractivity contribution in [1.29, 1.82) is 0 Å². The lowest BCUT2D eigenvalue weighted by molar-refractivity contribution is 0.788. The molecule has 2 aliphatic rings. The average Bonchev–Trinajstić information content (AvgIpc) is 3.92. The molecule has 0 N–H and O–H groups in total. The van der Waals surface area contributed by atoms with Gasteiger partial charge in [-0.1, -0.05) is 152 Å². The van der Waals surface area contributed by atoms with Gasteiger partial charge in [0, 0.05) is 60.9 Å². The number of allylic oxidation sites excluding steroid dienone is 2. The molecule has 12 aromatic rings. The van der Waals surface area contributed by atoms with Crippen molar-refractivity contribution in [3.63, 3.8) is 0 Å². The Kier molecular flexibility index (Phi) is 8.68. The van der Waals surface area contributed by atoms with Gasteiger partial charge in [0.1, 0.15) is 0 Å². The molecule has 14 rings (SSSR count). The predicted molar refractivity (Wildman–Crippen MR) is 287 cm³/mol. The maximum absolute atomic E-state index is 2.57. The van der Waals surface area contributed by atoms with Crippen molar-refractivity contribution in [3.05, 3.63) is 254 Å². The summed E-state index contributed by atoms with van der Waals surface area (Å²) in [5, 5.41) is 7.51. The van der Waals surface area contributed by atoms with Crippen molar-refractivity contribution < 1.29 is 0 Å². The molecule has 0 spiro atoms. The SMILES string of the molecule is C1=CC(N(c2ccc3c(c2)c2ccccc2n3-c2ccccc2)c2ccc3c(c2)c2ccccc2n3-c2ccccc2)CC=C1c1ccc2c3c(cccc13)N(c1ccccc1)c1ccccc1-2. The highest BCUT2D eigenvalue weighted by Crippen LogP contribution is 2.52. The van der Waals surface area contributed by atoms with Gasteiger partial charge in [-0.3, -0.25) is 0 Å². The van der Waals surface area contributed by atoms with Gasteiger partial charge in [-0.25, -0.2) is 0 Å². The smallest absolute Gasteiger partial charge is 0.0560 e. The summed E-state index contributed by atoms with van der Waals surface area (Å²) in [6.45, 7) is 0. The quantitative estimate of drug-likeness (QED) is 0.159. The lowest BCUT2D eigenvalue weighted by Crippen LogP contribution is -2.30. The molecular formula is C64H44N4. The first kappa shape index (κ1) is 38.4. The number of anilines is 5. The van der Waals surface area contributed by atoms with Crippen molar-refractivity contribution in [2.24, 2.45) is 0 Å². The van der Waals surface area contributed by atoms with E-state index in [0.717, 1.165) is 34.9 Å². The van der Waals surface area contributed by atoms with Crippen LogP contribution in [0.5, 0.6) is 0 Å². The van der Waals surface area contributed by atoms with E-state index in [1.54, 1.807) is 0 Å². The van der Waals surface area contributed by atoms with Crippen molar-refractivity contribution in [2.45, 2.75) is 12.5 Å². The van der Waals surface area contributed by atoms with Gasteiger partial charge in [0.05, 0.1) is 39.5 Å². The van der Waals surface area contributed by atoms with Gasteiger partial charge in [-0.15, -0.1) is 0 Å². The van der Waals surface area contributed by atoms with E-state index in [0.29, 0.717) is 0 Å². The zero-order valence-corrected chi connectivity index (χ0v) is 37.2. The zero-order chi connectivity index (χ0) is 44.7. The first-order valence-electron chi connectivity index (χ1n) is 23.6. The molecule has 0 amide bonds. The van der Waals surface area contributed by atoms with Crippen LogP contribution in [0.1, 0.15) is 12.0 Å². The Bertz CT molecular complexity index is 3850. The van der Waals surface area contributed by atoms with Gasteiger partial charge in [0.15, 0.2) is 0 Å². The molecule has 0 fully saturated rings. The fourth-order valence-corrected chi connectivity index (χ4v) is 11.4. The number of nitrogens with zero attached hydrogens (tertiary/aromatic N) is 4. The van der Waals surface area contributed by atoms with Crippen LogP contribution in [0.25, 0.3) is 82.5 Å². The van der Waals surface area contributed by atoms with Crippen LogP contribution >= 0.6 is 0 Å². The number of aromatic nitrogens is 2. The number of para-hydroxylation sites is 6. The fourth-order valence-electron chi connectivity index (χ4n) is 11.4. The molecule has 0 radical (unpaired) electrons. The van der Waals surface area contributed by atoms with Gasteiger partial charge in [0.2, 0.25) is 0 Å². The van der Waals surface area contributed by atoms with E-state index in [9.17, 15) is 0 Å². The Balaban J connectivity index is 0.920. The monoisotopic (exact) mass is 868 g/mol. The molecule has 1 unspecified atom stereocenters. The first-order chi connectivity index (χ1) is 33.8. The number of hydrogen-bond donors (Lipinski definition) is 0. The Morgan fingerprint density at radius 3 is 1.47 bits per heavy atom. The molecule has 4 nitrogen and oxygen atoms in total. The molecule has 320 valence electrons. The average molecular weight is 869 g/mol. The maximum atomic E-state index is 2.57. The minimum absolute atomic E-state index is 0.0547. The summed E-state index contributed by atoms with van der Waals surface area (Å²) in [6, 6.07) is 84.4. The van der Waals surface area contributed by atoms with Crippen molar-refractivity contribution >= 4 is 88.4 Å². The molecule has 68 heavy (non-hydrogen) atoms. The van der Waals surface area contributed by atoms with Gasteiger partial charge in [-0.05, 0) is 126 Å². The van der Waals surface area contributed by atoms with Gasteiger partial charge in [-0.2, -0.15) is 0 Å². The van der Waals surface area contributed by atoms with E-state index >= 15 is 0 Å². The normalized spacial score (nSPS) is 14.3. The molecule has 0 bridgehead atoms. The van der Waals surface area contributed by atoms with Crippen LogP contribution in [0.2, 0.25) is 0 Å². The molecule has 1 aliphatic carbocycles. The van der Waals surface area contributed by atoms with Crippen LogP contribution in [0.4, 0.5) is 28.4 Å². The molecule has 1 atom stereocenters. The molecule has 0 saturated heterocycles.